The van der Waals surface area contributed by atoms with Crippen LogP contribution in [0.25, 0.3) is 0 Å². The van der Waals surface area contributed by atoms with Gasteiger partial charge in [-0.3, -0.25) is 4.79 Å². The number of anilines is 2. The van der Waals surface area contributed by atoms with E-state index in [0.29, 0.717) is 11.3 Å². The van der Waals surface area contributed by atoms with Crippen LogP contribution in [0.2, 0.25) is 0 Å². The van der Waals surface area contributed by atoms with Gasteiger partial charge in [-0.25, -0.2) is 4.39 Å². The van der Waals surface area contributed by atoms with Crippen LogP contribution in [-0.2, 0) is 0 Å². The van der Waals surface area contributed by atoms with Crippen molar-refractivity contribution in [2.75, 3.05) is 11.1 Å². The number of nitrogen functional groups attached to an aromatic ring is 1. The molecule has 0 radical (unpaired) electrons. The molecule has 0 bridgehead atoms. The first-order chi connectivity index (χ1) is 8.95. The molecule has 2 rings (SSSR count). The largest absolute Gasteiger partial charge is 0.399 e. The number of carbonyl (C=O) groups is 1. The number of carbonyl (C=O) groups excluding carboxylic acids is 1. The molecule has 0 saturated carbocycles. The highest BCUT2D eigenvalue weighted by Gasteiger charge is 2.08. The molecular formula is C14H12BrFN2O. The van der Waals surface area contributed by atoms with Gasteiger partial charge in [-0.05, 0) is 42.8 Å². The minimum absolute atomic E-state index is 0.264. The highest BCUT2D eigenvalue weighted by atomic mass is 79.9. The molecule has 0 atom stereocenters. The molecule has 2 aromatic carbocycles. The number of hydrogen-bond acceptors (Lipinski definition) is 2. The van der Waals surface area contributed by atoms with E-state index in [9.17, 15) is 9.18 Å². The Morgan fingerprint density at radius 3 is 2.63 bits per heavy atom. The van der Waals surface area contributed by atoms with E-state index in [1.165, 1.54) is 18.2 Å². The van der Waals surface area contributed by atoms with Crippen LogP contribution in [0.15, 0.2) is 40.9 Å². The van der Waals surface area contributed by atoms with Crippen molar-refractivity contribution >= 4 is 33.2 Å². The third-order valence-corrected chi connectivity index (χ3v) is 3.47. The van der Waals surface area contributed by atoms with E-state index in [0.717, 1.165) is 10.0 Å². The maximum absolute atomic E-state index is 13.2. The van der Waals surface area contributed by atoms with Gasteiger partial charge >= 0.3 is 0 Å². The average Bonchev–Trinajstić information content (AvgIpc) is 2.31. The molecular weight excluding hydrogens is 311 g/mol. The van der Waals surface area contributed by atoms with Crippen LogP contribution in [0, 0.1) is 12.7 Å². The minimum atomic E-state index is -0.486. The van der Waals surface area contributed by atoms with Crippen molar-refractivity contribution in [3.8, 4) is 0 Å². The smallest absolute Gasteiger partial charge is 0.255 e. The van der Waals surface area contributed by atoms with Gasteiger partial charge in [0, 0.05) is 21.4 Å². The molecule has 0 aliphatic carbocycles. The van der Waals surface area contributed by atoms with E-state index in [-0.39, 0.29) is 11.6 Å². The number of halogens is 2. The van der Waals surface area contributed by atoms with Crippen LogP contribution < -0.4 is 11.1 Å². The number of rotatable bonds is 2. The van der Waals surface area contributed by atoms with Crippen LogP contribution >= 0.6 is 15.9 Å². The summed E-state index contributed by atoms with van der Waals surface area (Å²) in [7, 11) is 0. The van der Waals surface area contributed by atoms with E-state index in [2.05, 4.69) is 21.2 Å². The van der Waals surface area contributed by atoms with Gasteiger partial charge in [0.05, 0.1) is 0 Å². The molecule has 0 fully saturated rings. The Labute approximate surface area is 118 Å². The lowest BCUT2D eigenvalue weighted by atomic mass is 10.1. The van der Waals surface area contributed by atoms with E-state index in [1.807, 2.05) is 13.0 Å². The Kier molecular flexibility index (Phi) is 3.85. The molecule has 2 aromatic rings. The minimum Gasteiger partial charge on any atom is -0.399 e. The Morgan fingerprint density at radius 1 is 1.26 bits per heavy atom. The molecule has 0 unspecified atom stereocenters. The first kappa shape index (κ1) is 13.5. The zero-order valence-electron chi connectivity index (χ0n) is 10.2. The van der Waals surface area contributed by atoms with Crippen molar-refractivity contribution < 1.29 is 9.18 Å². The van der Waals surface area contributed by atoms with E-state index >= 15 is 0 Å². The molecule has 3 nitrogen and oxygen atoms in total. The molecule has 19 heavy (non-hydrogen) atoms. The van der Waals surface area contributed by atoms with Crippen molar-refractivity contribution in [1.82, 2.24) is 0 Å². The van der Waals surface area contributed by atoms with E-state index in [4.69, 9.17) is 5.73 Å². The van der Waals surface area contributed by atoms with Crippen LogP contribution in [0.5, 0.6) is 0 Å². The summed E-state index contributed by atoms with van der Waals surface area (Å²) in [6.45, 7) is 1.93. The normalized spacial score (nSPS) is 10.3. The molecule has 0 aliphatic heterocycles. The summed E-state index contributed by atoms with van der Waals surface area (Å²) in [6.07, 6.45) is 0. The van der Waals surface area contributed by atoms with Crippen LogP contribution in [0.1, 0.15) is 15.9 Å². The molecule has 1 amide bonds. The summed E-state index contributed by atoms with van der Waals surface area (Å²) in [6, 6.07) is 9.17. The highest BCUT2D eigenvalue weighted by Crippen LogP contribution is 2.20. The molecule has 0 heterocycles. The van der Waals surface area contributed by atoms with Crippen molar-refractivity contribution in [3.05, 3.63) is 57.8 Å². The fourth-order valence-corrected chi connectivity index (χ4v) is 2.00. The first-order valence-electron chi connectivity index (χ1n) is 5.59. The van der Waals surface area contributed by atoms with Gasteiger partial charge in [0.1, 0.15) is 5.82 Å². The monoisotopic (exact) mass is 322 g/mol. The van der Waals surface area contributed by atoms with E-state index in [1.54, 1.807) is 12.1 Å². The van der Waals surface area contributed by atoms with Gasteiger partial charge in [0.15, 0.2) is 0 Å². The zero-order chi connectivity index (χ0) is 14.0. The number of amides is 1. The van der Waals surface area contributed by atoms with Gasteiger partial charge in [0.25, 0.3) is 5.91 Å². The predicted molar refractivity (Wildman–Crippen MR) is 77.6 cm³/mol. The van der Waals surface area contributed by atoms with Gasteiger partial charge < -0.3 is 11.1 Å². The Bertz CT molecular complexity index is 623. The summed E-state index contributed by atoms with van der Waals surface area (Å²) in [5.41, 5.74) is 7.64. The average molecular weight is 323 g/mol. The SMILES string of the molecule is Cc1ccc(C(=O)Nc2cc(N)cc(F)c2)cc1Br. The number of nitrogens with one attached hydrogen (secondary N) is 1. The van der Waals surface area contributed by atoms with Crippen molar-refractivity contribution in [1.29, 1.82) is 0 Å². The summed E-state index contributed by atoms with van der Waals surface area (Å²) in [5.74, 6) is -0.800. The van der Waals surface area contributed by atoms with Crippen molar-refractivity contribution in [2.24, 2.45) is 0 Å². The zero-order valence-corrected chi connectivity index (χ0v) is 11.8. The number of hydrogen-bond donors (Lipinski definition) is 2. The number of benzene rings is 2. The lowest BCUT2D eigenvalue weighted by molar-refractivity contribution is 0.102. The maximum atomic E-state index is 13.2. The number of aryl methyl sites for hydroxylation is 1. The number of nitrogens with two attached hydrogens (primary N) is 1. The molecule has 3 N–H and O–H groups in total. The lowest BCUT2D eigenvalue weighted by Gasteiger charge is -2.07. The van der Waals surface area contributed by atoms with Crippen molar-refractivity contribution in [3.63, 3.8) is 0 Å². The second-order valence-corrected chi connectivity index (χ2v) is 5.05. The molecule has 0 saturated heterocycles. The Hall–Kier alpha value is -1.88. The van der Waals surface area contributed by atoms with Gasteiger partial charge in [0.2, 0.25) is 0 Å². The fourth-order valence-electron chi connectivity index (χ4n) is 1.62. The molecule has 0 aliphatic rings. The summed E-state index contributed by atoms with van der Waals surface area (Å²) < 4.78 is 14.0. The topological polar surface area (TPSA) is 55.1 Å². The predicted octanol–water partition coefficient (Wildman–Crippen LogP) is 3.73. The second-order valence-electron chi connectivity index (χ2n) is 4.19. The second kappa shape index (κ2) is 5.40. The van der Waals surface area contributed by atoms with Gasteiger partial charge in [-0.1, -0.05) is 22.0 Å². The molecule has 98 valence electrons. The fraction of sp³-hybridized carbons (Fsp3) is 0.0714. The highest BCUT2D eigenvalue weighted by molar-refractivity contribution is 9.10. The summed E-state index contributed by atoms with van der Waals surface area (Å²) in [4.78, 5) is 12.0. The van der Waals surface area contributed by atoms with E-state index < -0.39 is 5.82 Å². The lowest BCUT2D eigenvalue weighted by Crippen LogP contribution is -2.12. The van der Waals surface area contributed by atoms with Crippen LogP contribution in [0.3, 0.4) is 0 Å². The van der Waals surface area contributed by atoms with Crippen LogP contribution in [-0.4, -0.2) is 5.91 Å². The van der Waals surface area contributed by atoms with Crippen LogP contribution in [0.4, 0.5) is 15.8 Å². The molecule has 0 spiro atoms. The van der Waals surface area contributed by atoms with Gasteiger partial charge in [-0.15, -0.1) is 0 Å². The Morgan fingerprint density at radius 2 is 2.00 bits per heavy atom. The Balaban J connectivity index is 2.22. The third kappa shape index (κ3) is 3.32. The first-order valence-corrected chi connectivity index (χ1v) is 6.38. The standard InChI is InChI=1S/C14H12BrFN2O/c1-8-2-3-9(4-13(8)15)14(19)18-12-6-10(16)5-11(17)7-12/h2-7H,17H2,1H3,(H,18,19). The van der Waals surface area contributed by atoms with Gasteiger partial charge in [-0.2, -0.15) is 0 Å². The maximum Gasteiger partial charge on any atom is 0.255 e. The molecule has 5 heteroatoms. The van der Waals surface area contributed by atoms with Crippen molar-refractivity contribution in [2.45, 2.75) is 6.92 Å². The summed E-state index contributed by atoms with van der Waals surface area (Å²) >= 11 is 3.36. The third-order valence-electron chi connectivity index (χ3n) is 2.61. The quantitative estimate of drug-likeness (QED) is 0.828. The molecule has 0 aromatic heterocycles. The summed E-state index contributed by atoms with van der Waals surface area (Å²) in [5, 5.41) is 2.61.